The van der Waals surface area contributed by atoms with Crippen molar-refractivity contribution in [1.29, 1.82) is 0 Å². The number of ether oxygens (including phenoxy) is 1. The third-order valence-electron chi connectivity index (χ3n) is 4.42. The summed E-state index contributed by atoms with van der Waals surface area (Å²) < 4.78 is 58.5. The number of sulfonamides is 2. The molecule has 0 saturated heterocycles. The quantitative estimate of drug-likeness (QED) is 0.486. The number of anilines is 1. The van der Waals surface area contributed by atoms with Crippen molar-refractivity contribution in [2.75, 3.05) is 33.1 Å². The van der Waals surface area contributed by atoms with Gasteiger partial charge in [0.1, 0.15) is 5.75 Å². The molecule has 2 aromatic carbocycles. The van der Waals surface area contributed by atoms with Gasteiger partial charge in [0.2, 0.25) is 20.0 Å². The lowest BCUT2D eigenvalue weighted by molar-refractivity contribution is 0.102. The first-order valence-electron chi connectivity index (χ1n) is 9.31. The number of nitrogens with zero attached hydrogens (tertiary/aromatic N) is 2. The van der Waals surface area contributed by atoms with Gasteiger partial charge in [-0.25, -0.2) is 30.8 Å². The molecule has 13 heteroatoms. The Kier molecular flexibility index (Phi) is 6.86. The van der Waals surface area contributed by atoms with E-state index >= 15 is 0 Å². The van der Waals surface area contributed by atoms with Crippen LogP contribution in [-0.4, -0.2) is 59.8 Å². The molecule has 2 N–H and O–H groups in total. The third kappa shape index (κ3) is 4.76. The van der Waals surface area contributed by atoms with Crippen molar-refractivity contribution in [1.82, 2.24) is 14.0 Å². The summed E-state index contributed by atoms with van der Waals surface area (Å²) in [5, 5.41) is 2.86. The Morgan fingerprint density at radius 1 is 1.09 bits per heavy atom. The van der Waals surface area contributed by atoms with Crippen molar-refractivity contribution in [2.45, 2.75) is 16.7 Å². The number of amides is 1. The molecule has 0 saturated carbocycles. The second kappa shape index (κ2) is 9.11. The summed E-state index contributed by atoms with van der Waals surface area (Å²) in [6.07, 6.45) is 0. The SMILES string of the molecule is CCNS(=O)(=O)c1ccc(OC)c(C(=O)Nc2nc3ccc(S(=O)(=O)N(C)C)cc3s2)c1. The molecule has 0 aliphatic carbocycles. The molecule has 0 spiro atoms. The largest absolute Gasteiger partial charge is 0.496 e. The zero-order valence-corrected chi connectivity index (χ0v) is 20.2. The summed E-state index contributed by atoms with van der Waals surface area (Å²) in [5.41, 5.74) is 0.528. The van der Waals surface area contributed by atoms with E-state index in [1.807, 2.05) is 0 Å². The molecular weight excluding hydrogens is 476 g/mol. The molecular formula is C19H22N4O6S3. The Morgan fingerprint density at radius 3 is 2.41 bits per heavy atom. The molecule has 0 bridgehead atoms. The molecule has 0 aliphatic rings. The van der Waals surface area contributed by atoms with Gasteiger partial charge in [0, 0.05) is 20.6 Å². The lowest BCUT2D eigenvalue weighted by atomic mass is 10.2. The highest BCUT2D eigenvalue weighted by Crippen LogP contribution is 2.30. The third-order valence-corrected chi connectivity index (χ3v) is 8.71. The fraction of sp³-hybridized carbons (Fsp3) is 0.263. The van der Waals surface area contributed by atoms with Crippen LogP contribution in [-0.2, 0) is 20.0 Å². The topological polar surface area (TPSA) is 135 Å². The molecule has 0 fully saturated rings. The van der Waals surface area contributed by atoms with Gasteiger partial charge in [-0.3, -0.25) is 10.1 Å². The maximum Gasteiger partial charge on any atom is 0.261 e. The standard InChI is InChI=1S/C19H22N4O6S3/c1-5-20-31(25,26)12-7-9-16(29-4)14(10-12)18(24)22-19-21-15-8-6-13(11-17(15)30-19)32(27,28)23(2)3/h6-11,20H,5H2,1-4H3,(H,21,22,24). The Morgan fingerprint density at radius 2 is 1.78 bits per heavy atom. The molecule has 1 heterocycles. The minimum Gasteiger partial charge on any atom is -0.496 e. The number of methoxy groups -OCH3 is 1. The van der Waals surface area contributed by atoms with E-state index in [2.05, 4.69) is 15.0 Å². The maximum absolute atomic E-state index is 12.9. The molecule has 10 nitrogen and oxygen atoms in total. The number of rotatable bonds is 8. The van der Waals surface area contributed by atoms with Crippen molar-refractivity contribution in [3.8, 4) is 5.75 Å². The first-order valence-corrected chi connectivity index (χ1v) is 13.1. The summed E-state index contributed by atoms with van der Waals surface area (Å²) in [6, 6.07) is 8.46. The van der Waals surface area contributed by atoms with Gasteiger partial charge in [-0.2, -0.15) is 0 Å². The number of hydrogen-bond donors (Lipinski definition) is 2. The lowest BCUT2D eigenvalue weighted by Crippen LogP contribution is -2.23. The van der Waals surface area contributed by atoms with E-state index in [0.717, 1.165) is 15.6 Å². The highest BCUT2D eigenvalue weighted by Gasteiger charge is 2.21. The maximum atomic E-state index is 12.9. The van der Waals surface area contributed by atoms with Crippen LogP contribution in [0.4, 0.5) is 5.13 Å². The Labute approximate surface area is 190 Å². The Hall–Kier alpha value is -2.58. The van der Waals surface area contributed by atoms with E-state index in [0.29, 0.717) is 10.2 Å². The summed E-state index contributed by atoms with van der Waals surface area (Å²) >= 11 is 1.10. The second-order valence-electron chi connectivity index (χ2n) is 6.75. The number of benzene rings is 2. The number of hydrogen-bond acceptors (Lipinski definition) is 8. The van der Waals surface area contributed by atoms with Crippen molar-refractivity contribution in [2.24, 2.45) is 0 Å². The van der Waals surface area contributed by atoms with Gasteiger partial charge in [-0.05, 0) is 36.4 Å². The van der Waals surface area contributed by atoms with Gasteiger partial charge in [0.25, 0.3) is 5.91 Å². The van der Waals surface area contributed by atoms with E-state index in [1.165, 1.54) is 51.5 Å². The molecule has 0 aliphatic heterocycles. The van der Waals surface area contributed by atoms with Crippen molar-refractivity contribution in [3.05, 3.63) is 42.0 Å². The highest BCUT2D eigenvalue weighted by atomic mass is 32.2. The van der Waals surface area contributed by atoms with Gasteiger partial charge in [-0.15, -0.1) is 0 Å². The minimum atomic E-state index is -3.77. The summed E-state index contributed by atoms with van der Waals surface area (Å²) in [7, 11) is -3.13. The van der Waals surface area contributed by atoms with Gasteiger partial charge >= 0.3 is 0 Å². The number of fused-ring (bicyclic) bond motifs is 1. The highest BCUT2D eigenvalue weighted by molar-refractivity contribution is 7.89. The predicted octanol–water partition coefficient (Wildman–Crippen LogP) is 2.11. The molecule has 3 aromatic rings. The second-order valence-corrected chi connectivity index (χ2v) is 11.7. The number of nitrogens with one attached hydrogen (secondary N) is 2. The molecule has 0 unspecified atom stereocenters. The zero-order chi connectivity index (χ0) is 23.7. The number of carbonyl (C=O) groups excluding carboxylic acids is 1. The molecule has 172 valence electrons. The average Bonchev–Trinajstić information content (AvgIpc) is 3.14. The number of aromatic nitrogens is 1. The lowest BCUT2D eigenvalue weighted by Gasteiger charge is -2.11. The average molecular weight is 499 g/mol. The number of thiazole rings is 1. The normalized spacial score (nSPS) is 12.3. The van der Waals surface area contributed by atoms with Crippen LogP contribution in [0.25, 0.3) is 10.2 Å². The first kappa shape index (κ1) is 24.1. The monoisotopic (exact) mass is 498 g/mol. The fourth-order valence-corrected chi connectivity index (χ4v) is 5.77. The molecule has 1 aromatic heterocycles. The smallest absolute Gasteiger partial charge is 0.261 e. The van der Waals surface area contributed by atoms with Gasteiger partial charge in [0.15, 0.2) is 5.13 Å². The van der Waals surface area contributed by atoms with E-state index in [4.69, 9.17) is 4.74 Å². The summed E-state index contributed by atoms with van der Waals surface area (Å²) in [4.78, 5) is 17.2. The van der Waals surface area contributed by atoms with Crippen molar-refractivity contribution < 1.29 is 26.4 Å². The van der Waals surface area contributed by atoms with E-state index < -0.39 is 26.0 Å². The van der Waals surface area contributed by atoms with Crippen LogP contribution in [0.5, 0.6) is 5.75 Å². The van der Waals surface area contributed by atoms with E-state index in [-0.39, 0.29) is 32.8 Å². The molecule has 3 rings (SSSR count). The van der Waals surface area contributed by atoms with Crippen molar-refractivity contribution in [3.63, 3.8) is 0 Å². The molecule has 0 atom stereocenters. The molecule has 0 radical (unpaired) electrons. The zero-order valence-electron chi connectivity index (χ0n) is 17.7. The summed E-state index contributed by atoms with van der Waals surface area (Å²) in [5.74, 6) is -0.422. The van der Waals surface area contributed by atoms with Crippen LogP contribution in [0, 0.1) is 0 Å². The van der Waals surface area contributed by atoms with Crippen LogP contribution < -0.4 is 14.8 Å². The number of carbonyl (C=O) groups is 1. The molecule has 32 heavy (non-hydrogen) atoms. The van der Waals surface area contributed by atoms with Crippen LogP contribution >= 0.6 is 11.3 Å². The van der Waals surface area contributed by atoms with E-state index in [9.17, 15) is 21.6 Å². The predicted molar refractivity (Wildman–Crippen MR) is 122 cm³/mol. The summed E-state index contributed by atoms with van der Waals surface area (Å²) in [6.45, 7) is 1.85. The van der Waals surface area contributed by atoms with E-state index in [1.54, 1.807) is 13.0 Å². The van der Waals surface area contributed by atoms with Crippen LogP contribution in [0.2, 0.25) is 0 Å². The van der Waals surface area contributed by atoms with Gasteiger partial charge < -0.3 is 4.74 Å². The van der Waals surface area contributed by atoms with Crippen LogP contribution in [0.1, 0.15) is 17.3 Å². The first-order chi connectivity index (χ1) is 15.0. The Bertz CT molecular complexity index is 1380. The molecule has 1 amide bonds. The fourth-order valence-electron chi connectivity index (χ4n) is 2.80. The van der Waals surface area contributed by atoms with Gasteiger partial charge in [-0.1, -0.05) is 18.3 Å². The van der Waals surface area contributed by atoms with Gasteiger partial charge in [0.05, 0.1) is 32.7 Å². The van der Waals surface area contributed by atoms with Crippen LogP contribution in [0.15, 0.2) is 46.2 Å². The minimum absolute atomic E-state index is 0.0154. The van der Waals surface area contributed by atoms with Crippen LogP contribution in [0.3, 0.4) is 0 Å². The Balaban J connectivity index is 1.95. The van der Waals surface area contributed by atoms with Crippen molar-refractivity contribution >= 4 is 52.6 Å².